The highest BCUT2D eigenvalue weighted by molar-refractivity contribution is 5.85. The topological polar surface area (TPSA) is 55.6 Å². The second-order valence-electron chi connectivity index (χ2n) is 6.14. The smallest absolute Gasteiger partial charge is 0.263 e. The molecule has 0 fully saturated rings. The van der Waals surface area contributed by atoms with E-state index in [2.05, 4.69) is 0 Å². The minimum atomic E-state index is -0.503. The zero-order valence-corrected chi connectivity index (χ0v) is 14.4. The summed E-state index contributed by atoms with van der Waals surface area (Å²) in [5, 5.41) is 0. The molecule has 0 spiro atoms. The zero-order valence-electron chi connectivity index (χ0n) is 13.6. The molecule has 0 aromatic heterocycles. The molecule has 0 radical (unpaired) electrons. The first-order valence-corrected chi connectivity index (χ1v) is 6.93. The first-order valence-electron chi connectivity index (χ1n) is 6.93. The van der Waals surface area contributed by atoms with Crippen LogP contribution in [0, 0.1) is 12.3 Å². The van der Waals surface area contributed by atoms with E-state index in [0.717, 1.165) is 5.56 Å². The number of ether oxygens (including phenoxy) is 1. The fraction of sp³-hybridized carbons (Fsp3) is 0.562. The normalized spacial score (nSPS) is 12.3. The zero-order chi connectivity index (χ0) is 15.3. The number of carbonyl (C=O) groups is 1. The van der Waals surface area contributed by atoms with E-state index in [1.807, 2.05) is 45.0 Å². The summed E-state index contributed by atoms with van der Waals surface area (Å²) in [6.45, 7) is 9.03. The standard InChI is InChI=1S/C16H26N2O2.ClH/c1-12-6-8-14(9-7-12)20-13(2)15(19)18(5)11-16(3,4)10-17;/h6-9,13H,10-11,17H2,1-5H3;1H. The van der Waals surface area contributed by atoms with Crippen molar-refractivity contribution in [2.75, 3.05) is 20.1 Å². The minimum absolute atomic E-state index is 0. The van der Waals surface area contributed by atoms with Crippen molar-refractivity contribution < 1.29 is 9.53 Å². The SMILES string of the molecule is Cc1ccc(OC(C)C(=O)N(C)CC(C)(C)CN)cc1.Cl. The van der Waals surface area contributed by atoms with Gasteiger partial charge in [-0.3, -0.25) is 4.79 Å². The van der Waals surface area contributed by atoms with Crippen molar-refractivity contribution in [3.8, 4) is 5.75 Å². The maximum Gasteiger partial charge on any atom is 0.263 e. The fourth-order valence-electron chi connectivity index (χ4n) is 1.97. The van der Waals surface area contributed by atoms with Crippen molar-refractivity contribution in [2.24, 2.45) is 11.1 Å². The average Bonchev–Trinajstić information content (AvgIpc) is 2.40. The van der Waals surface area contributed by atoms with Crippen molar-refractivity contribution in [3.05, 3.63) is 29.8 Å². The first kappa shape index (κ1) is 19.7. The predicted octanol–water partition coefficient (Wildman–Crippen LogP) is 2.63. The molecule has 21 heavy (non-hydrogen) atoms. The highest BCUT2D eigenvalue weighted by atomic mass is 35.5. The summed E-state index contributed by atoms with van der Waals surface area (Å²) < 4.78 is 5.68. The molecule has 0 saturated carbocycles. The molecule has 1 aromatic carbocycles. The van der Waals surface area contributed by atoms with Gasteiger partial charge in [-0.1, -0.05) is 31.5 Å². The van der Waals surface area contributed by atoms with Crippen LogP contribution < -0.4 is 10.5 Å². The Morgan fingerprint density at radius 1 is 1.33 bits per heavy atom. The molecule has 1 rings (SSSR count). The molecule has 1 amide bonds. The number of hydrogen-bond acceptors (Lipinski definition) is 3. The Kier molecular flexibility index (Phi) is 7.75. The molecule has 0 aliphatic carbocycles. The second-order valence-corrected chi connectivity index (χ2v) is 6.14. The number of amides is 1. The lowest BCUT2D eigenvalue weighted by Crippen LogP contribution is -2.44. The van der Waals surface area contributed by atoms with E-state index >= 15 is 0 Å². The minimum Gasteiger partial charge on any atom is -0.481 e. The Balaban J connectivity index is 0.00000400. The molecule has 1 unspecified atom stereocenters. The molecule has 1 aromatic rings. The molecule has 0 aliphatic rings. The van der Waals surface area contributed by atoms with Crippen molar-refractivity contribution in [2.45, 2.75) is 33.8 Å². The van der Waals surface area contributed by atoms with Crippen LogP contribution in [-0.4, -0.2) is 37.0 Å². The van der Waals surface area contributed by atoms with E-state index in [9.17, 15) is 4.79 Å². The van der Waals surface area contributed by atoms with Crippen LogP contribution in [0.3, 0.4) is 0 Å². The summed E-state index contributed by atoms with van der Waals surface area (Å²) in [5.74, 6) is 0.676. The quantitative estimate of drug-likeness (QED) is 0.878. The molecule has 120 valence electrons. The largest absolute Gasteiger partial charge is 0.481 e. The van der Waals surface area contributed by atoms with Gasteiger partial charge in [0.25, 0.3) is 5.91 Å². The molecule has 4 nitrogen and oxygen atoms in total. The first-order chi connectivity index (χ1) is 9.25. The fourth-order valence-corrected chi connectivity index (χ4v) is 1.97. The van der Waals surface area contributed by atoms with Crippen molar-refractivity contribution >= 4 is 18.3 Å². The number of aryl methyl sites for hydroxylation is 1. The van der Waals surface area contributed by atoms with Crippen molar-refractivity contribution in [3.63, 3.8) is 0 Å². The summed E-state index contributed by atoms with van der Waals surface area (Å²) >= 11 is 0. The van der Waals surface area contributed by atoms with Crippen molar-refractivity contribution in [1.29, 1.82) is 0 Å². The Bertz CT molecular complexity index is 446. The monoisotopic (exact) mass is 314 g/mol. The van der Waals surface area contributed by atoms with Crippen LogP contribution in [0.2, 0.25) is 0 Å². The summed E-state index contributed by atoms with van der Waals surface area (Å²) in [6, 6.07) is 7.69. The predicted molar refractivity (Wildman–Crippen MR) is 89.0 cm³/mol. The van der Waals surface area contributed by atoms with Crippen LogP contribution in [-0.2, 0) is 4.79 Å². The van der Waals surface area contributed by atoms with Crippen LogP contribution >= 0.6 is 12.4 Å². The second kappa shape index (κ2) is 8.25. The Hall–Kier alpha value is -1.26. The van der Waals surface area contributed by atoms with Gasteiger partial charge in [-0.15, -0.1) is 12.4 Å². The molecule has 1 atom stereocenters. The Labute approximate surface area is 134 Å². The van der Waals surface area contributed by atoms with E-state index in [-0.39, 0.29) is 23.7 Å². The van der Waals surface area contributed by atoms with E-state index in [0.29, 0.717) is 18.8 Å². The Morgan fingerprint density at radius 3 is 2.33 bits per heavy atom. The van der Waals surface area contributed by atoms with Gasteiger partial charge in [0.05, 0.1) is 0 Å². The average molecular weight is 315 g/mol. The number of rotatable bonds is 6. The van der Waals surface area contributed by atoms with Gasteiger partial charge in [0.15, 0.2) is 6.10 Å². The van der Waals surface area contributed by atoms with Gasteiger partial charge in [0.1, 0.15) is 5.75 Å². The summed E-state index contributed by atoms with van der Waals surface area (Å²) in [7, 11) is 1.79. The van der Waals surface area contributed by atoms with Gasteiger partial charge in [-0.05, 0) is 37.9 Å². The number of benzene rings is 1. The molecule has 0 heterocycles. The number of likely N-dealkylation sites (N-methyl/N-ethyl adjacent to an activating group) is 1. The lowest BCUT2D eigenvalue weighted by atomic mass is 9.93. The van der Waals surface area contributed by atoms with Crippen LogP contribution in [0.25, 0.3) is 0 Å². The number of hydrogen-bond donors (Lipinski definition) is 1. The molecule has 5 heteroatoms. The van der Waals surface area contributed by atoms with Crippen LogP contribution in [0.15, 0.2) is 24.3 Å². The molecular weight excluding hydrogens is 288 g/mol. The highest BCUT2D eigenvalue weighted by Gasteiger charge is 2.25. The number of halogens is 1. The lowest BCUT2D eigenvalue weighted by Gasteiger charge is -2.30. The molecular formula is C16H27ClN2O2. The molecule has 2 N–H and O–H groups in total. The van der Waals surface area contributed by atoms with E-state index in [1.165, 1.54) is 0 Å². The van der Waals surface area contributed by atoms with Crippen LogP contribution in [0.5, 0.6) is 5.75 Å². The summed E-state index contributed by atoms with van der Waals surface area (Å²) in [4.78, 5) is 14.0. The Morgan fingerprint density at radius 2 is 1.86 bits per heavy atom. The van der Waals surface area contributed by atoms with Gasteiger partial charge in [-0.2, -0.15) is 0 Å². The van der Waals surface area contributed by atoms with Gasteiger partial charge in [0.2, 0.25) is 0 Å². The van der Waals surface area contributed by atoms with E-state index < -0.39 is 6.10 Å². The van der Waals surface area contributed by atoms with Crippen LogP contribution in [0.4, 0.5) is 0 Å². The van der Waals surface area contributed by atoms with Gasteiger partial charge in [0, 0.05) is 13.6 Å². The third-order valence-corrected chi connectivity index (χ3v) is 3.28. The number of nitrogens with two attached hydrogens (primary N) is 1. The van der Waals surface area contributed by atoms with Crippen molar-refractivity contribution in [1.82, 2.24) is 4.90 Å². The third-order valence-electron chi connectivity index (χ3n) is 3.28. The molecule has 0 saturated heterocycles. The summed E-state index contributed by atoms with van der Waals surface area (Å²) in [5.41, 5.74) is 6.77. The maximum absolute atomic E-state index is 12.3. The highest BCUT2D eigenvalue weighted by Crippen LogP contribution is 2.17. The van der Waals surface area contributed by atoms with Gasteiger partial charge < -0.3 is 15.4 Å². The van der Waals surface area contributed by atoms with E-state index in [4.69, 9.17) is 10.5 Å². The third kappa shape index (κ3) is 6.36. The number of nitrogens with zero attached hydrogens (tertiary/aromatic N) is 1. The maximum atomic E-state index is 12.3. The number of carbonyl (C=O) groups excluding carboxylic acids is 1. The van der Waals surface area contributed by atoms with Crippen LogP contribution in [0.1, 0.15) is 26.3 Å². The lowest BCUT2D eigenvalue weighted by molar-refractivity contribution is -0.137. The summed E-state index contributed by atoms with van der Waals surface area (Å²) in [6.07, 6.45) is -0.503. The molecule has 0 bridgehead atoms. The van der Waals surface area contributed by atoms with Gasteiger partial charge >= 0.3 is 0 Å². The van der Waals surface area contributed by atoms with E-state index in [1.54, 1.807) is 18.9 Å². The van der Waals surface area contributed by atoms with Gasteiger partial charge in [-0.25, -0.2) is 0 Å². The molecule has 0 aliphatic heterocycles.